The second kappa shape index (κ2) is 6.87. The third-order valence-electron chi connectivity index (χ3n) is 3.38. The van der Waals surface area contributed by atoms with Crippen LogP contribution in [-0.4, -0.2) is 9.97 Å². The Morgan fingerprint density at radius 2 is 1.61 bits per heavy atom. The molecule has 23 heavy (non-hydrogen) atoms. The average Bonchev–Trinajstić information content (AvgIpc) is 2.57. The fourth-order valence-electron chi connectivity index (χ4n) is 2.10. The molecular formula is C18H17FN4. The monoisotopic (exact) mass is 308 g/mol. The third kappa shape index (κ3) is 4.26. The highest BCUT2D eigenvalue weighted by Gasteiger charge is 2.00. The van der Waals surface area contributed by atoms with E-state index in [0.717, 1.165) is 11.5 Å². The molecule has 3 rings (SSSR count). The minimum atomic E-state index is -0.265. The van der Waals surface area contributed by atoms with Crippen molar-refractivity contribution in [1.29, 1.82) is 0 Å². The van der Waals surface area contributed by atoms with Gasteiger partial charge in [0.2, 0.25) is 0 Å². The standard InChI is InChI=1S/C18H17FN4/c1-13-2-4-14(5-3-13)11-20-17-10-18(22-12-21-17)23-16-8-6-15(19)7-9-16/h2-10,12H,11H2,1H3,(H2,20,21,22,23). The Hall–Kier alpha value is -2.95. The minimum Gasteiger partial charge on any atom is -0.366 e. The fourth-order valence-corrected chi connectivity index (χ4v) is 2.10. The summed E-state index contributed by atoms with van der Waals surface area (Å²) in [6.45, 7) is 2.75. The molecule has 0 spiro atoms. The van der Waals surface area contributed by atoms with Crippen LogP contribution in [0.2, 0.25) is 0 Å². The highest BCUT2D eigenvalue weighted by atomic mass is 19.1. The summed E-state index contributed by atoms with van der Waals surface area (Å²) in [5, 5.41) is 6.38. The first-order chi connectivity index (χ1) is 11.2. The summed E-state index contributed by atoms with van der Waals surface area (Å²) < 4.78 is 12.9. The number of anilines is 3. The van der Waals surface area contributed by atoms with Gasteiger partial charge in [-0.15, -0.1) is 0 Å². The van der Waals surface area contributed by atoms with E-state index >= 15 is 0 Å². The summed E-state index contributed by atoms with van der Waals surface area (Å²) in [6.07, 6.45) is 1.49. The molecule has 0 unspecified atom stereocenters. The zero-order valence-corrected chi connectivity index (χ0v) is 12.8. The molecule has 1 aromatic heterocycles. The molecule has 0 bridgehead atoms. The normalized spacial score (nSPS) is 10.3. The van der Waals surface area contributed by atoms with Crippen molar-refractivity contribution >= 4 is 17.3 Å². The van der Waals surface area contributed by atoms with Crippen molar-refractivity contribution in [3.05, 3.63) is 77.9 Å². The van der Waals surface area contributed by atoms with E-state index in [0.29, 0.717) is 12.4 Å². The molecule has 0 saturated heterocycles. The maximum atomic E-state index is 12.9. The first-order valence-electron chi connectivity index (χ1n) is 7.33. The van der Waals surface area contributed by atoms with E-state index in [2.05, 4.69) is 51.8 Å². The Bertz CT molecular complexity index is 770. The molecule has 0 amide bonds. The van der Waals surface area contributed by atoms with Gasteiger partial charge < -0.3 is 10.6 Å². The molecule has 0 radical (unpaired) electrons. The Morgan fingerprint density at radius 1 is 0.913 bits per heavy atom. The number of aromatic nitrogens is 2. The fraction of sp³-hybridized carbons (Fsp3) is 0.111. The van der Waals surface area contributed by atoms with E-state index in [9.17, 15) is 4.39 Å². The molecule has 0 aliphatic heterocycles. The predicted octanol–water partition coefficient (Wildman–Crippen LogP) is 4.28. The van der Waals surface area contributed by atoms with E-state index in [4.69, 9.17) is 0 Å². The molecular weight excluding hydrogens is 291 g/mol. The van der Waals surface area contributed by atoms with Crippen LogP contribution < -0.4 is 10.6 Å². The molecule has 0 saturated carbocycles. The second-order valence-electron chi connectivity index (χ2n) is 5.26. The highest BCUT2D eigenvalue weighted by molar-refractivity contribution is 5.58. The molecule has 0 atom stereocenters. The van der Waals surface area contributed by atoms with Crippen molar-refractivity contribution in [2.45, 2.75) is 13.5 Å². The Morgan fingerprint density at radius 3 is 2.35 bits per heavy atom. The number of nitrogens with zero attached hydrogens (tertiary/aromatic N) is 2. The summed E-state index contributed by atoms with van der Waals surface area (Å²) in [7, 11) is 0. The zero-order chi connectivity index (χ0) is 16.1. The summed E-state index contributed by atoms with van der Waals surface area (Å²) in [5.41, 5.74) is 3.19. The number of hydrogen-bond donors (Lipinski definition) is 2. The summed E-state index contributed by atoms with van der Waals surface area (Å²) >= 11 is 0. The van der Waals surface area contributed by atoms with Gasteiger partial charge in [-0.25, -0.2) is 14.4 Å². The van der Waals surface area contributed by atoms with Gasteiger partial charge in [-0.05, 0) is 36.8 Å². The van der Waals surface area contributed by atoms with Gasteiger partial charge in [-0.3, -0.25) is 0 Å². The largest absolute Gasteiger partial charge is 0.366 e. The van der Waals surface area contributed by atoms with Gasteiger partial charge in [0.15, 0.2) is 0 Å². The van der Waals surface area contributed by atoms with Gasteiger partial charge in [0, 0.05) is 18.3 Å². The van der Waals surface area contributed by atoms with Crippen LogP contribution in [0.25, 0.3) is 0 Å². The molecule has 116 valence electrons. The van der Waals surface area contributed by atoms with E-state index in [1.807, 2.05) is 6.07 Å². The van der Waals surface area contributed by atoms with Crippen LogP contribution in [0.3, 0.4) is 0 Å². The minimum absolute atomic E-state index is 0.265. The Labute approximate surface area is 134 Å². The van der Waals surface area contributed by atoms with Gasteiger partial charge in [0.1, 0.15) is 23.8 Å². The summed E-state index contributed by atoms with van der Waals surface area (Å²) in [5.74, 6) is 1.11. The van der Waals surface area contributed by atoms with Gasteiger partial charge in [0.25, 0.3) is 0 Å². The van der Waals surface area contributed by atoms with Crippen molar-refractivity contribution in [1.82, 2.24) is 9.97 Å². The van der Waals surface area contributed by atoms with Gasteiger partial charge in [0.05, 0.1) is 0 Å². The number of hydrogen-bond acceptors (Lipinski definition) is 4. The predicted molar refractivity (Wildman–Crippen MR) is 90.2 cm³/mol. The van der Waals surface area contributed by atoms with Crippen LogP contribution in [0.4, 0.5) is 21.7 Å². The quantitative estimate of drug-likeness (QED) is 0.738. The topological polar surface area (TPSA) is 49.8 Å². The SMILES string of the molecule is Cc1ccc(CNc2cc(Nc3ccc(F)cc3)ncn2)cc1. The maximum Gasteiger partial charge on any atom is 0.135 e. The van der Waals surface area contributed by atoms with Crippen LogP contribution >= 0.6 is 0 Å². The van der Waals surface area contributed by atoms with Gasteiger partial charge in [-0.2, -0.15) is 0 Å². The van der Waals surface area contributed by atoms with E-state index < -0.39 is 0 Å². The smallest absolute Gasteiger partial charge is 0.135 e. The van der Waals surface area contributed by atoms with Crippen molar-refractivity contribution in [3.8, 4) is 0 Å². The Balaban J connectivity index is 1.65. The zero-order valence-electron chi connectivity index (χ0n) is 12.8. The van der Waals surface area contributed by atoms with Crippen LogP contribution in [0.5, 0.6) is 0 Å². The molecule has 5 heteroatoms. The average molecular weight is 308 g/mol. The number of halogens is 1. The lowest BCUT2D eigenvalue weighted by atomic mass is 10.1. The molecule has 0 fully saturated rings. The lowest BCUT2D eigenvalue weighted by molar-refractivity contribution is 0.628. The van der Waals surface area contributed by atoms with Crippen molar-refractivity contribution in [2.75, 3.05) is 10.6 Å². The number of benzene rings is 2. The van der Waals surface area contributed by atoms with Crippen LogP contribution in [-0.2, 0) is 6.54 Å². The molecule has 2 N–H and O–H groups in total. The second-order valence-corrected chi connectivity index (χ2v) is 5.26. The molecule has 0 aliphatic carbocycles. The summed E-state index contributed by atoms with van der Waals surface area (Å²) in [6, 6.07) is 16.3. The van der Waals surface area contributed by atoms with Gasteiger partial charge in [-0.1, -0.05) is 29.8 Å². The van der Waals surface area contributed by atoms with Crippen molar-refractivity contribution < 1.29 is 4.39 Å². The van der Waals surface area contributed by atoms with Crippen LogP contribution in [0.1, 0.15) is 11.1 Å². The third-order valence-corrected chi connectivity index (χ3v) is 3.38. The lowest BCUT2D eigenvalue weighted by Crippen LogP contribution is -2.03. The van der Waals surface area contributed by atoms with E-state index in [1.54, 1.807) is 12.1 Å². The first-order valence-corrected chi connectivity index (χ1v) is 7.33. The Kier molecular flexibility index (Phi) is 4.47. The first kappa shape index (κ1) is 15.0. The number of rotatable bonds is 5. The van der Waals surface area contributed by atoms with Crippen molar-refractivity contribution in [3.63, 3.8) is 0 Å². The molecule has 2 aromatic carbocycles. The molecule has 0 aliphatic rings. The maximum absolute atomic E-state index is 12.9. The van der Waals surface area contributed by atoms with E-state index in [1.165, 1.54) is 29.6 Å². The van der Waals surface area contributed by atoms with Gasteiger partial charge >= 0.3 is 0 Å². The van der Waals surface area contributed by atoms with Crippen LogP contribution in [0, 0.1) is 12.7 Å². The molecule has 3 aromatic rings. The summed E-state index contributed by atoms with van der Waals surface area (Å²) in [4.78, 5) is 8.37. The molecule has 1 heterocycles. The van der Waals surface area contributed by atoms with E-state index in [-0.39, 0.29) is 5.82 Å². The van der Waals surface area contributed by atoms with Crippen molar-refractivity contribution in [2.24, 2.45) is 0 Å². The number of aryl methyl sites for hydroxylation is 1. The highest BCUT2D eigenvalue weighted by Crippen LogP contribution is 2.17. The van der Waals surface area contributed by atoms with Crippen LogP contribution in [0.15, 0.2) is 60.9 Å². The molecule has 4 nitrogen and oxygen atoms in total. The lowest BCUT2D eigenvalue weighted by Gasteiger charge is -2.09. The number of nitrogens with one attached hydrogen (secondary N) is 2.